The fourth-order valence-corrected chi connectivity index (χ4v) is 8.24. The molecule has 0 amide bonds. The third-order valence-electron chi connectivity index (χ3n) is 10.9. The number of anilines is 3. The van der Waals surface area contributed by atoms with Crippen LogP contribution >= 0.6 is 0 Å². The van der Waals surface area contributed by atoms with Gasteiger partial charge in [0.25, 0.3) is 0 Å². The van der Waals surface area contributed by atoms with Crippen molar-refractivity contribution < 1.29 is 8.83 Å². The standard InChI is InChI=1S/C52H33NO2/c1-3-12-34(13-4-1)35-22-24-36(25-23-35)37-26-28-39(29-27-37)53(40-30-31-43-42-17-9-10-20-48(42)54-50(43)32-40)47-19-11-21-49-51(47)46-33-45(38-14-5-2-6-15-38)41-16-7-8-18-44(41)52(46)55-49/h1-33H. The Morgan fingerprint density at radius 1 is 0.309 bits per heavy atom. The molecule has 0 N–H and O–H groups in total. The predicted octanol–water partition coefficient (Wildman–Crippen LogP) is 15.1. The zero-order valence-electron chi connectivity index (χ0n) is 29.8. The molecule has 11 rings (SSSR count). The van der Waals surface area contributed by atoms with E-state index in [0.29, 0.717) is 0 Å². The van der Waals surface area contributed by atoms with Crippen LogP contribution in [0.2, 0.25) is 0 Å². The molecule has 0 spiro atoms. The van der Waals surface area contributed by atoms with E-state index in [1.165, 1.54) is 33.2 Å². The first-order valence-corrected chi connectivity index (χ1v) is 18.7. The molecule has 0 aliphatic carbocycles. The molecule has 0 radical (unpaired) electrons. The Labute approximate surface area is 317 Å². The molecule has 0 atom stereocenters. The quantitative estimate of drug-likeness (QED) is 0.173. The predicted molar refractivity (Wildman–Crippen MR) is 229 cm³/mol. The van der Waals surface area contributed by atoms with Crippen molar-refractivity contribution in [2.24, 2.45) is 0 Å². The molecule has 0 aliphatic heterocycles. The van der Waals surface area contributed by atoms with E-state index in [4.69, 9.17) is 8.83 Å². The van der Waals surface area contributed by atoms with Crippen molar-refractivity contribution in [3.05, 3.63) is 200 Å². The maximum atomic E-state index is 6.80. The molecule has 2 aromatic heterocycles. The highest BCUT2D eigenvalue weighted by Crippen LogP contribution is 2.47. The molecule has 258 valence electrons. The second kappa shape index (κ2) is 12.6. The van der Waals surface area contributed by atoms with Gasteiger partial charge in [-0.25, -0.2) is 0 Å². The van der Waals surface area contributed by atoms with Crippen LogP contribution in [0, 0.1) is 0 Å². The number of benzene rings is 9. The SMILES string of the molecule is c1ccc(-c2ccc(-c3ccc(N(c4ccc5c(c4)oc4ccccc45)c4cccc5oc6c7ccccc7c(-c7ccccc7)cc6c45)cc3)cc2)cc1. The maximum Gasteiger partial charge on any atom is 0.143 e. The van der Waals surface area contributed by atoms with Crippen molar-refractivity contribution in [2.75, 3.05) is 4.90 Å². The lowest BCUT2D eigenvalue weighted by atomic mass is 9.95. The second-order valence-corrected chi connectivity index (χ2v) is 14.1. The van der Waals surface area contributed by atoms with E-state index in [-0.39, 0.29) is 0 Å². The summed E-state index contributed by atoms with van der Waals surface area (Å²) in [6, 6.07) is 70.9. The number of furan rings is 2. The molecule has 3 nitrogen and oxygen atoms in total. The fraction of sp³-hybridized carbons (Fsp3) is 0. The molecular formula is C52H33NO2. The first-order valence-electron chi connectivity index (χ1n) is 18.7. The first-order chi connectivity index (χ1) is 27.3. The lowest BCUT2D eigenvalue weighted by molar-refractivity contribution is 0.669. The summed E-state index contributed by atoms with van der Waals surface area (Å²) >= 11 is 0. The summed E-state index contributed by atoms with van der Waals surface area (Å²) in [7, 11) is 0. The van der Waals surface area contributed by atoms with Crippen LogP contribution in [0.15, 0.2) is 209 Å². The van der Waals surface area contributed by atoms with E-state index in [2.05, 4.69) is 193 Å². The minimum Gasteiger partial charge on any atom is -0.456 e. The summed E-state index contributed by atoms with van der Waals surface area (Å²) < 4.78 is 13.2. The van der Waals surface area contributed by atoms with Crippen molar-refractivity contribution in [1.82, 2.24) is 0 Å². The van der Waals surface area contributed by atoms with Crippen LogP contribution in [0.25, 0.3) is 88.0 Å². The van der Waals surface area contributed by atoms with E-state index >= 15 is 0 Å². The number of hydrogen-bond acceptors (Lipinski definition) is 3. The van der Waals surface area contributed by atoms with Crippen molar-refractivity contribution in [3.8, 4) is 33.4 Å². The zero-order chi connectivity index (χ0) is 36.3. The molecule has 0 saturated heterocycles. The minimum absolute atomic E-state index is 0.841. The zero-order valence-corrected chi connectivity index (χ0v) is 29.8. The van der Waals surface area contributed by atoms with Crippen molar-refractivity contribution in [3.63, 3.8) is 0 Å². The summed E-state index contributed by atoms with van der Waals surface area (Å²) in [4.78, 5) is 2.34. The van der Waals surface area contributed by atoms with Gasteiger partial charge in [0.2, 0.25) is 0 Å². The summed E-state index contributed by atoms with van der Waals surface area (Å²) in [6.45, 7) is 0. The Hall–Kier alpha value is -7.36. The van der Waals surface area contributed by atoms with Crippen molar-refractivity contribution >= 4 is 71.7 Å². The van der Waals surface area contributed by atoms with Crippen LogP contribution in [0.1, 0.15) is 0 Å². The van der Waals surface area contributed by atoms with E-state index in [0.717, 1.165) is 71.9 Å². The van der Waals surface area contributed by atoms with Gasteiger partial charge in [0.15, 0.2) is 0 Å². The molecular weight excluding hydrogens is 671 g/mol. The average molecular weight is 704 g/mol. The van der Waals surface area contributed by atoms with E-state index in [1.807, 2.05) is 12.1 Å². The highest BCUT2D eigenvalue weighted by Gasteiger charge is 2.23. The van der Waals surface area contributed by atoms with Gasteiger partial charge in [0.05, 0.1) is 11.1 Å². The van der Waals surface area contributed by atoms with Crippen molar-refractivity contribution in [2.45, 2.75) is 0 Å². The van der Waals surface area contributed by atoms with Gasteiger partial charge >= 0.3 is 0 Å². The van der Waals surface area contributed by atoms with Crippen LogP contribution in [-0.4, -0.2) is 0 Å². The second-order valence-electron chi connectivity index (χ2n) is 14.1. The Morgan fingerprint density at radius 2 is 0.855 bits per heavy atom. The number of hydrogen-bond donors (Lipinski definition) is 0. The van der Waals surface area contributed by atoms with Gasteiger partial charge in [0, 0.05) is 39.0 Å². The largest absolute Gasteiger partial charge is 0.456 e. The fourth-order valence-electron chi connectivity index (χ4n) is 8.24. The van der Waals surface area contributed by atoms with Gasteiger partial charge < -0.3 is 13.7 Å². The van der Waals surface area contributed by atoms with Crippen LogP contribution in [0.5, 0.6) is 0 Å². The third-order valence-corrected chi connectivity index (χ3v) is 10.9. The molecule has 55 heavy (non-hydrogen) atoms. The molecule has 0 unspecified atom stereocenters. The smallest absolute Gasteiger partial charge is 0.143 e. The van der Waals surface area contributed by atoms with Crippen LogP contribution in [-0.2, 0) is 0 Å². The van der Waals surface area contributed by atoms with Gasteiger partial charge in [-0.05, 0) is 87.3 Å². The van der Waals surface area contributed by atoms with Gasteiger partial charge in [-0.15, -0.1) is 0 Å². The summed E-state index contributed by atoms with van der Waals surface area (Å²) in [5, 5.41) is 6.61. The first kappa shape index (κ1) is 31.2. The van der Waals surface area contributed by atoms with E-state index in [1.54, 1.807) is 0 Å². The maximum absolute atomic E-state index is 6.80. The van der Waals surface area contributed by atoms with Gasteiger partial charge in [0.1, 0.15) is 22.3 Å². The van der Waals surface area contributed by atoms with Crippen LogP contribution < -0.4 is 4.90 Å². The molecule has 0 aliphatic rings. The Bertz CT molecular complexity index is 3180. The molecule has 0 saturated carbocycles. The normalized spacial score (nSPS) is 11.6. The van der Waals surface area contributed by atoms with E-state index in [9.17, 15) is 0 Å². The number of nitrogens with zero attached hydrogens (tertiary/aromatic N) is 1. The minimum atomic E-state index is 0.841. The van der Waals surface area contributed by atoms with Gasteiger partial charge in [-0.2, -0.15) is 0 Å². The average Bonchev–Trinajstić information content (AvgIpc) is 3.83. The molecule has 2 heterocycles. The summed E-state index contributed by atoms with van der Waals surface area (Å²) in [5.41, 5.74) is 13.6. The number of para-hydroxylation sites is 1. The monoisotopic (exact) mass is 703 g/mol. The number of rotatable bonds is 6. The lowest BCUT2D eigenvalue weighted by Gasteiger charge is -2.26. The molecule has 0 fully saturated rings. The molecule has 3 heteroatoms. The third kappa shape index (κ3) is 5.20. The summed E-state index contributed by atoms with van der Waals surface area (Å²) in [6.07, 6.45) is 0. The summed E-state index contributed by atoms with van der Waals surface area (Å²) in [5.74, 6) is 0. The van der Waals surface area contributed by atoms with Crippen LogP contribution in [0.4, 0.5) is 17.1 Å². The lowest BCUT2D eigenvalue weighted by Crippen LogP contribution is -2.10. The Kier molecular flexibility index (Phi) is 7.17. The van der Waals surface area contributed by atoms with Gasteiger partial charge in [-0.1, -0.05) is 146 Å². The van der Waals surface area contributed by atoms with Crippen molar-refractivity contribution in [1.29, 1.82) is 0 Å². The highest BCUT2D eigenvalue weighted by molar-refractivity contribution is 6.22. The van der Waals surface area contributed by atoms with Gasteiger partial charge in [-0.3, -0.25) is 0 Å². The molecule has 11 aromatic rings. The highest BCUT2D eigenvalue weighted by atomic mass is 16.3. The number of fused-ring (bicyclic) bond motifs is 8. The van der Waals surface area contributed by atoms with Crippen LogP contribution in [0.3, 0.4) is 0 Å². The molecule has 0 bridgehead atoms. The van der Waals surface area contributed by atoms with E-state index < -0.39 is 0 Å². The Morgan fingerprint density at radius 3 is 1.58 bits per heavy atom. The molecule has 9 aromatic carbocycles. The topological polar surface area (TPSA) is 29.5 Å². The Balaban J connectivity index is 1.11.